The summed E-state index contributed by atoms with van der Waals surface area (Å²) in [7, 11) is 0. The highest BCUT2D eigenvalue weighted by Gasteiger charge is 2.67. The number of hydrogen-bond acceptors (Lipinski definition) is 8. The summed E-state index contributed by atoms with van der Waals surface area (Å²) < 4.78 is 39.9. The highest BCUT2D eigenvalue weighted by Crippen LogP contribution is 2.62. The van der Waals surface area contributed by atoms with Gasteiger partial charge in [-0.1, -0.05) is 17.8 Å². The molecule has 5 rings (SSSR count). The number of nitrogens with two attached hydrogens (primary N) is 1. The Morgan fingerprint density at radius 1 is 1.19 bits per heavy atom. The molecule has 1 aliphatic heterocycles. The first-order valence-corrected chi connectivity index (χ1v) is 12.0. The van der Waals surface area contributed by atoms with Crippen molar-refractivity contribution in [2.75, 3.05) is 30.3 Å². The van der Waals surface area contributed by atoms with Crippen molar-refractivity contribution in [3.63, 3.8) is 0 Å². The summed E-state index contributed by atoms with van der Waals surface area (Å²) in [6.45, 7) is 1.52. The molecule has 0 spiro atoms. The van der Waals surface area contributed by atoms with Gasteiger partial charge in [-0.05, 0) is 42.5 Å². The third kappa shape index (κ3) is 4.38. The number of alkyl halides is 3. The minimum absolute atomic E-state index is 0.0240. The quantitative estimate of drug-likeness (QED) is 0.448. The Morgan fingerprint density at radius 2 is 2.00 bits per heavy atom. The molecule has 0 radical (unpaired) electrons. The maximum Gasteiger partial charge on any atom is 0.434 e. The van der Waals surface area contributed by atoms with Crippen molar-refractivity contribution in [1.82, 2.24) is 25.3 Å². The summed E-state index contributed by atoms with van der Waals surface area (Å²) >= 11 is 0.766. The largest absolute Gasteiger partial charge is 0.465 e. The number of aromatic nitrogens is 4. The normalized spacial score (nSPS) is 23.1. The van der Waals surface area contributed by atoms with Gasteiger partial charge in [0.05, 0.1) is 6.20 Å². The van der Waals surface area contributed by atoms with Crippen LogP contribution >= 0.6 is 11.8 Å². The van der Waals surface area contributed by atoms with Crippen molar-refractivity contribution in [3.05, 3.63) is 60.3 Å². The lowest BCUT2D eigenvalue weighted by molar-refractivity contribution is -0.143. The topological polar surface area (TPSA) is 130 Å². The molecule has 3 aromatic heterocycles. The number of hydrogen-bond donors (Lipinski definition) is 3. The molecule has 1 amide bonds. The van der Waals surface area contributed by atoms with Crippen LogP contribution in [0.25, 0.3) is 0 Å². The van der Waals surface area contributed by atoms with Crippen molar-refractivity contribution in [2.24, 2.45) is 11.8 Å². The van der Waals surface area contributed by atoms with Crippen LogP contribution < -0.4 is 16.0 Å². The average molecular weight is 518 g/mol. The molecule has 1 saturated heterocycles. The molecule has 2 fully saturated rings. The number of pyridine rings is 2. The smallest absolute Gasteiger partial charge is 0.434 e. The molecule has 4 heterocycles. The van der Waals surface area contributed by atoms with Crippen molar-refractivity contribution < 1.29 is 23.1 Å². The van der Waals surface area contributed by atoms with Crippen molar-refractivity contribution in [2.45, 2.75) is 27.9 Å². The second-order valence-electron chi connectivity index (χ2n) is 8.73. The van der Waals surface area contributed by atoms with E-state index >= 15 is 0 Å². The fraction of sp³-hybridized carbons (Fsp3) is 0.348. The van der Waals surface area contributed by atoms with Crippen LogP contribution in [0.4, 0.5) is 29.6 Å². The number of piperidine rings is 1. The standard InChI is InChI=1S/C23H22F3N7O2S/c24-23(25,26)18-15(4-3-8-29-18)36-20-19(27)32-17(10-30-20)33-9-6-13-14(11-33)22(13,12-31-21(34)35)16-5-1-2-7-28-16/h1-5,7-8,10,13-14,31H,6,9,11-12H2,(H2,27,32)(H,34,35). The maximum atomic E-state index is 13.3. The lowest BCUT2D eigenvalue weighted by atomic mass is 9.96. The number of fused-ring (bicyclic) bond motifs is 1. The van der Waals surface area contributed by atoms with Gasteiger partial charge in [0.25, 0.3) is 0 Å². The van der Waals surface area contributed by atoms with Gasteiger partial charge in [0.2, 0.25) is 0 Å². The first-order valence-electron chi connectivity index (χ1n) is 11.2. The van der Waals surface area contributed by atoms with Crippen LogP contribution in [0.3, 0.4) is 0 Å². The van der Waals surface area contributed by atoms with Crippen LogP contribution in [-0.2, 0) is 11.6 Å². The number of rotatable bonds is 6. The van der Waals surface area contributed by atoms with Gasteiger partial charge in [-0.15, -0.1) is 0 Å². The van der Waals surface area contributed by atoms with Gasteiger partial charge in [-0.2, -0.15) is 13.2 Å². The number of halogens is 3. The third-order valence-electron chi connectivity index (χ3n) is 6.82. The van der Waals surface area contributed by atoms with Crippen LogP contribution in [0.15, 0.2) is 58.8 Å². The molecule has 0 aromatic carbocycles. The Labute approximate surface area is 208 Å². The van der Waals surface area contributed by atoms with Gasteiger partial charge in [0.15, 0.2) is 11.5 Å². The molecular weight excluding hydrogens is 495 g/mol. The first-order chi connectivity index (χ1) is 17.2. The number of amides is 1. The van der Waals surface area contributed by atoms with E-state index in [4.69, 9.17) is 5.73 Å². The molecule has 3 aromatic rings. The molecule has 4 N–H and O–H groups in total. The highest BCUT2D eigenvalue weighted by molar-refractivity contribution is 7.99. The fourth-order valence-electron chi connectivity index (χ4n) is 5.18. The molecule has 3 unspecified atom stereocenters. The van der Waals surface area contributed by atoms with E-state index in [0.29, 0.717) is 18.9 Å². The Balaban J connectivity index is 1.35. The molecule has 188 valence electrons. The number of carbonyl (C=O) groups is 1. The van der Waals surface area contributed by atoms with E-state index in [1.54, 1.807) is 6.20 Å². The third-order valence-corrected chi connectivity index (χ3v) is 7.88. The van der Waals surface area contributed by atoms with Gasteiger partial charge < -0.3 is 21.1 Å². The van der Waals surface area contributed by atoms with Gasteiger partial charge in [-0.25, -0.2) is 14.8 Å². The minimum Gasteiger partial charge on any atom is -0.465 e. The van der Waals surface area contributed by atoms with Crippen LogP contribution in [0, 0.1) is 11.8 Å². The zero-order valence-corrected chi connectivity index (χ0v) is 19.6. The van der Waals surface area contributed by atoms with E-state index in [0.717, 1.165) is 30.1 Å². The maximum absolute atomic E-state index is 13.3. The van der Waals surface area contributed by atoms with E-state index in [-0.39, 0.29) is 34.1 Å². The lowest BCUT2D eigenvalue weighted by Gasteiger charge is -2.27. The molecule has 1 aliphatic carbocycles. The van der Waals surface area contributed by atoms with E-state index in [1.807, 2.05) is 23.1 Å². The Kier molecular flexibility index (Phi) is 6.10. The molecule has 3 atom stereocenters. The SMILES string of the molecule is Nc1nc(N2CCC3C(C2)C3(CNC(=O)O)c2ccccn2)cnc1Sc1cccnc1C(F)(F)F. The molecular formula is C23H22F3N7O2S. The Bertz CT molecular complexity index is 1280. The lowest BCUT2D eigenvalue weighted by Crippen LogP contribution is -2.35. The first kappa shape index (κ1) is 24.1. The monoisotopic (exact) mass is 517 g/mol. The van der Waals surface area contributed by atoms with Crippen LogP contribution in [0.5, 0.6) is 0 Å². The summed E-state index contributed by atoms with van der Waals surface area (Å²) in [5.74, 6) is 0.957. The Hall–Kier alpha value is -3.61. The molecule has 0 bridgehead atoms. The zero-order chi connectivity index (χ0) is 25.5. The summed E-state index contributed by atoms with van der Waals surface area (Å²) in [6.07, 6.45) is -0.595. The Morgan fingerprint density at radius 3 is 2.69 bits per heavy atom. The number of nitrogens with one attached hydrogen (secondary N) is 1. The molecule has 1 saturated carbocycles. The van der Waals surface area contributed by atoms with Gasteiger partial charge in [-0.3, -0.25) is 9.97 Å². The van der Waals surface area contributed by atoms with E-state index in [9.17, 15) is 23.1 Å². The van der Waals surface area contributed by atoms with E-state index < -0.39 is 23.4 Å². The number of carboxylic acid groups (broad SMARTS) is 1. The average Bonchev–Trinajstić information content (AvgIpc) is 3.52. The molecule has 9 nitrogen and oxygen atoms in total. The van der Waals surface area contributed by atoms with Crippen molar-refractivity contribution >= 4 is 29.5 Å². The van der Waals surface area contributed by atoms with Crippen LogP contribution in [0.1, 0.15) is 17.8 Å². The summed E-state index contributed by atoms with van der Waals surface area (Å²) in [5, 5.41) is 11.9. The number of nitrogen functional groups attached to an aromatic ring is 1. The predicted octanol–water partition coefficient (Wildman–Crippen LogP) is 3.68. The highest BCUT2D eigenvalue weighted by atomic mass is 32.2. The predicted molar refractivity (Wildman–Crippen MR) is 126 cm³/mol. The summed E-state index contributed by atoms with van der Waals surface area (Å²) in [4.78, 5) is 29.8. The molecule has 2 aliphatic rings. The van der Waals surface area contributed by atoms with Crippen molar-refractivity contribution in [3.8, 4) is 0 Å². The minimum atomic E-state index is -4.60. The summed E-state index contributed by atoms with van der Waals surface area (Å²) in [6, 6.07) is 8.37. The van der Waals surface area contributed by atoms with Crippen LogP contribution in [0.2, 0.25) is 0 Å². The summed E-state index contributed by atoms with van der Waals surface area (Å²) in [5.41, 5.74) is 5.54. The van der Waals surface area contributed by atoms with Gasteiger partial charge in [0.1, 0.15) is 10.8 Å². The number of nitrogens with zero attached hydrogens (tertiary/aromatic N) is 5. The van der Waals surface area contributed by atoms with Crippen LogP contribution in [-0.4, -0.2) is 50.8 Å². The van der Waals surface area contributed by atoms with Gasteiger partial charge >= 0.3 is 12.3 Å². The second kappa shape index (κ2) is 9.12. The molecule has 13 heteroatoms. The van der Waals surface area contributed by atoms with E-state index in [1.165, 1.54) is 18.3 Å². The van der Waals surface area contributed by atoms with Crippen molar-refractivity contribution in [1.29, 1.82) is 0 Å². The van der Waals surface area contributed by atoms with E-state index in [2.05, 4.69) is 25.3 Å². The van der Waals surface area contributed by atoms with Gasteiger partial charge in [0, 0.05) is 48.0 Å². The number of anilines is 2. The fourth-order valence-corrected chi connectivity index (χ4v) is 6.06. The zero-order valence-electron chi connectivity index (χ0n) is 18.8. The second-order valence-corrected chi connectivity index (χ2v) is 9.76. The molecule has 36 heavy (non-hydrogen) atoms.